The standard InChI is InChI=1S/C15H26N2O.ClH/c18-15(12-3-6-16-7-4-12)17-8-5-14-10-11-1-2-13(14)9-11;/h11-14,16H,1-10H2,(H,17,18);1H. The summed E-state index contributed by atoms with van der Waals surface area (Å²) < 4.78 is 0. The van der Waals surface area contributed by atoms with E-state index in [2.05, 4.69) is 10.6 Å². The number of nitrogens with one attached hydrogen (secondary N) is 2. The Bertz CT molecular complexity index is 305. The highest BCUT2D eigenvalue weighted by atomic mass is 35.5. The van der Waals surface area contributed by atoms with Gasteiger partial charge in [0.05, 0.1) is 0 Å². The fraction of sp³-hybridized carbons (Fsp3) is 0.933. The van der Waals surface area contributed by atoms with Gasteiger partial charge in [0.25, 0.3) is 0 Å². The molecule has 3 unspecified atom stereocenters. The zero-order chi connectivity index (χ0) is 12.4. The van der Waals surface area contributed by atoms with Crippen LogP contribution in [0.25, 0.3) is 0 Å². The van der Waals surface area contributed by atoms with Crippen molar-refractivity contribution in [3.63, 3.8) is 0 Å². The summed E-state index contributed by atoms with van der Waals surface area (Å²) in [4.78, 5) is 12.0. The molecule has 2 bridgehead atoms. The van der Waals surface area contributed by atoms with Crippen LogP contribution >= 0.6 is 12.4 Å². The van der Waals surface area contributed by atoms with E-state index in [0.717, 1.165) is 50.2 Å². The highest BCUT2D eigenvalue weighted by Gasteiger charge is 2.38. The van der Waals surface area contributed by atoms with Crippen LogP contribution in [-0.4, -0.2) is 25.5 Å². The molecule has 0 radical (unpaired) electrons. The van der Waals surface area contributed by atoms with E-state index in [0.29, 0.717) is 5.91 Å². The van der Waals surface area contributed by atoms with E-state index >= 15 is 0 Å². The van der Waals surface area contributed by atoms with Crippen molar-refractivity contribution in [3.8, 4) is 0 Å². The number of halogens is 1. The Morgan fingerprint density at radius 3 is 2.53 bits per heavy atom. The molecule has 110 valence electrons. The number of carbonyl (C=O) groups excluding carboxylic acids is 1. The maximum Gasteiger partial charge on any atom is 0.223 e. The summed E-state index contributed by atoms with van der Waals surface area (Å²) in [6.45, 7) is 2.92. The van der Waals surface area contributed by atoms with Crippen LogP contribution in [0.5, 0.6) is 0 Å². The van der Waals surface area contributed by atoms with Gasteiger partial charge in [-0.15, -0.1) is 12.4 Å². The lowest BCUT2D eigenvalue weighted by atomic mass is 9.86. The van der Waals surface area contributed by atoms with E-state index in [1.807, 2.05) is 0 Å². The summed E-state index contributed by atoms with van der Waals surface area (Å²) in [5.74, 6) is 3.51. The van der Waals surface area contributed by atoms with Crippen molar-refractivity contribution in [1.29, 1.82) is 0 Å². The van der Waals surface area contributed by atoms with Gasteiger partial charge >= 0.3 is 0 Å². The van der Waals surface area contributed by atoms with Gasteiger partial charge in [-0.25, -0.2) is 0 Å². The predicted molar refractivity (Wildman–Crippen MR) is 79.4 cm³/mol. The lowest BCUT2D eigenvalue weighted by Crippen LogP contribution is -2.38. The fourth-order valence-electron chi connectivity index (χ4n) is 4.34. The lowest BCUT2D eigenvalue weighted by molar-refractivity contribution is -0.125. The van der Waals surface area contributed by atoms with Crippen molar-refractivity contribution in [1.82, 2.24) is 10.6 Å². The van der Waals surface area contributed by atoms with Crippen LogP contribution in [0.4, 0.5) is 0 Å². The number of rotatable bonds is 4. The quantitative estimate of drug-likeness (QED) is 0.833. The molecule has 1 aliphatic heterocycles. The van der Waals surface area contributed by atoms with Crippen LogP contribution < -0.4 is 10.6 Å². The van der Waals surface area contributed by atoms with E-state index < -0.39 is 0 Å². The molecule has 3 atom stereocenters. The normalized spacial score (nSPS) is 34.0. The number of piperidine rings is 1. The minimum Gasteiger partial charge on any atom is -0.356 e. The second-order valence-corrected chi connectivity index (χ2v) is 6.54. The van der Waals surface area contributed by atoms with Crippen molar-refractivity contribution < 1.29 is 4.79 Å². The molecule has 2 aliphatic carbocycles. The second kappa shape index (κ2) is 6.94. The molecular weight excluding hydrogens is 260 g/mol. The third kappa shape index (κ3) is 3.63. The molecule has 0 aromatic heterocycles. The van der Waals surface area contributed by atoms with Gasteiger partial charge in [-0.2, -0.15) is 0 Å². The topological polar surface area (TPSA) is 41.1 Å². The van der Waals surface area contributed by atoms with Crippen molar-refractivity contribution in [2.75, 3.05) is 19.6 Å². The first-order valence-electron chi connectivity index (χ1n) is 7.81. The summed E-state index contributed by atoms with van der Waals surface area (Å²) in [5.41, 5.74) is 0. The molecule has 1 heterocycles. The number of carbonyl (C=O) groups is 1. The van der Waals surface area contributed by atoms with Gasteiger partial charge in [-0.3, -0.25) is 4.79 Å². The van der Waals surface area contributed by atoms with Crippen LogP contribution in [-0.2, 0) is 4.79 Å². The van der Waals surface area contributed by atoms with Gasteiger partial charge < -0.3 is 10.6 Å². The molecule has 3 rings (SSSR count). The van der Waals surface area contributed by atoms with Crippen molar-refractivity contribution in [2.45, 2.75) is 44.9 Å². The predicted octanol–water partition coefficient (Wildman–Crippen LogP) is 2.35. The minimum atomic E-state index is 0. The van der Waals surface area contributed by atoms with Crippen LogP contribution in [0.2, 0.25) is 0 Å². The SMILES string of the molecule is Cl.O=C(NCCC1CC2CCC1C2)C1CCNCC1. The second-order valence-electron chi connectivity index (χ2n) is 6.54. The lowest BCUT2D eigenvalue weighted by Gasteiger charge is -2.24. The first kappa shape index (κ1) is 15.1. The first-order chi connectivity index (χ1) is 8.83. The van der Waals surface area contributed by atoms with Crippen molar-refractivity contribution >= 4 is 18.3 Å². The molecule has 2 N–H and O–H groups in total. The summed E-state index contributed by atoms with van der Waals surface area (Å²) in [6, 6.07) is 0. The molecule has 2 saturated carbocycles. The Morgan fingerprint density at radius 2 is 1.89 bits per heavy atom. The molecule has 0 spiro atoms. The molecule has 1 amide bonds. The average molecular weight is 287 g/mol. The summed E-state index contributed by atoms with van der Waals surface area (Å²) in [7, 11) is 0. The van der Waals surface area contributed by atoms with Crippen LogP contribution in [0.1, 0.15) is 44.9 Å². The molecule has 19 heavy (non-hydrogen) atoms. The van der Waals surface area contributed by atoms with E-state index in [9.17, 15) is 4.79 Å². The molecule has 1 saturated heterocycles. The largest absolute Gasteiger partial charge is 0.356 e. The number of hydrogen-bond donors (Lipinski definition) is 2. The van der Waals surface area contributed by atoms with Crippen molar-refractivity contribution in [2.24, 2.45) is 23.7 Å². The van der Waals surface area contributed by atoms with E-state index in [1.54, 1.807) is 0 Å². The molecular formula is C15H27ClN2O. The highest BCUT2D eigenvalue weighted by Crippen LogP contribution is 2.49. The van der Waals surface area contributed by atoms with Gasteiger partial charge in [0.15, 0.2) is 0 Å². The van der Waals surface area contributed by atoms with E-state index in [4.69, 9.17) is 0 Å². The Balaban J connectivity index is 0.00000133. The molecule has 0 aromatic rings. The smallest absolute Gasteiger partial charge is 0.223 e. The average Bonchev–Trinajstić information content (AvgIpc) is 3.02. The fourth-order valence-corrected chi connectivity index (χ4v) is 4.34. The third-order valence-electron chi connectivity index (χ3n) is 5.41. The highest BCUT2D eigenvalue weighted by molar-refractivity contribution is 5.85. The Hall–Kier alpha value is -0.280. The number of amides is 1. The number of fused-ring (bicyclic) bond motifs is 2. The zero-order valence-corrected chi connectivity index (χ0v) is 12.5. The molecule has 0 aromatic carbocycles. The molecule has 4 heteroatoms. The van der Waals surface area contributed by atoms with Crippen LogP contribution in [0, 0.1) is 23.7 Å². The maximum absolute atomic E-state index is 12.0. The van der Waals surface area contributed by atoms with Gasteiger partial charge in [0.2, 0.25) is 5.91 Å². The number of hydrogen-bond acceptors (Lipinski definition) is 2. The van der Waals surface area contributed by atoms with Gasteiger partial charge in [0.1, 0.15) is 0 Å². The summed E-state index contributed by atoms with van der Waals surface area (Å²) >= 11 is 0. The molecule has 3 fully saturated rings. The van der Waals surface area contributed by atoms with Crippen LogP contribution in [0.3, 0.4) is 0 Å². The summed E-state index contributed by atoms with van der Waals surface area (Å²) in [6.07, 6.45) is 9.10. The van der Waals surface area contributed by atoms with Crippen molar-refractivity contribution in [3.05, 3.63) is 0 Å². The summed E-state index contributed by atoms with van der Waals surface area (Å²) in [5, 5.41) is 6.48. The Labute approximate surface area is 122 Å². The molecule has 3 nitrogen and oxygen atoms in total. The van der Waals surface area contributed by atoms with E-state index in [-0.39, 0.29) is 18.3 Å². The van der Waals surface area contributed by atoms with Gasteiger partial charge in [-0.05, 0) is 69.4 Å². The Kier molecular flexibility index (Phi) is 5.52. The molecule has 3 aliphatic rings. The minimum absolute atomic E-state index is 0. The monoisotopic (exact) mass is 286 g/mol. The van der Waals surface area contributed by atoms with Crippen LogP contribution in [0.15, 0.2) is 0 Å². The van der Waals surface area contributed by atoms with Gasteiger partial charge in [0, 0.05) is 12.5 Å². The van der Waals surface area contributed by atoms with E-state index in [1.165, 1.54) is 32.1 Å². The zero-order valence-electron chi connectivity index (χ0n) is 11.7. The first-order valence-corrected chi connectivity index (χ1v) is 7.81. The maximum atomic E-state index is 12.0. The van der Waals surface area contributed by atoms with Gasteiger partial charge in [-0.1, -0.05) is 6.42 Å². The Morgan fingerprint density at radius 1 is 1.11 bits per heavy atom. The third-order valence-corrected chi connectivity index (χ3v) is 5.41.